The molecule has 2 atom stereocenters. The Hall–Kier alpha value is -3.70. The highest BCUT2D eigenvalue weighted by Gasteiger charge is 2.46. The molecule has 4 aromatic rings. The first-order valence-electron chi connectivity index (χ1n) is 10.7. The van der Waals surface area contributed by atoms with E-state index >= 15 is 0 Å². The summed E-state index contributed by atoms with van der Waals surface area (Å²) in [5.41, 5.74) is -0.656. The van der Waals surface area contributed by atoms with Crippen LogP contribution in [0.2, 0.25) is 0 Å². The Bertz CT molecular complexity index is 1380. The predicted octanol–water partition coefficient (Wildman–Crippen LogP) is 3.62. The summed E-state index contributed by atoms with van der Waals surface area (Å²) in [5.74, 6) is -1.46. The minimum Gasteiger partial charge on any atom is -0.481 e. The molecule has 0 spiro atoms. The Morgan fingerprint density at radius 1 is 1.26 bits per heavy atom. The molecule has 1 aliphatic rings. The quantitative estimate of drug-likeness (QED) is 0.419. The first-order chi connectivity index (χ1) is 16.8. The van der Waals surface area contributed by atoms with E-state index in [1.165, 1.54) is 46.7 Å². The Morgan fingerprint density at radius 2 is 2.09 bits per heavy atom. The number of benzene rings is 1. The van der Waals surface area contributed by atoms with Gasteiger partial charge in [-0.15, -0.1) is 11.3 Å². The number of amides is 1. The van der Waals surface area contributed by atoms with Gasteiger partial charge in [0.05, 0.1) is 31.8 Å². The maximum absolute atomic E-state index is 14.9. The van der Waals surface area contributed by atoms with Gasteiger partial charge >= 0.3 is 0 Å². The molecule has 11 heteroatoms. The van der Waals surface area contributed by atoms with E-state index in [1.807, 2.05) is 6.07 Å². The summed E-state index contributed by atoms with van der Waals surface area (Å²) in [5, 5.41) is 15.8. The zero-order valence-corrected chi connectivity index (χ0v) is 19.7. The Labute approximate surface area is 203 Å². The molecule has 8 nitrogen and oxygen atoms in total. The van der Waals surface area contributed by atoms with Gasteiger partial charge in [0.1, 0.15) is 29.9 Å². The molecule has 3 aromatic heterocycles. The van der Waals surface area contributed by atoms with Gasteiger partial charge in [0.2, 0.25) is 5.88 Å². The van der Waals surface area contributed by atoms with Crippen molar-refractivity contribution in [3.63, 3.8) is 0 Å². The van der Waals surface area contributed by atoms with Gasteiger partial charge in [-0.2, -0.15) is 5.10 Å². The number of aliphatic hydroxyl groups is 1. The van der Waals surface area contributed by atoms with Crippen molar-refractivity contribution in [1.29, 1.82) is 0 Å². The van der Waals surface area contributed by atoms with E-state index in [4.69, 9.17) is 4.74 Å². The van der Waals surface area contributed by atoms with Crippen LogP contribution < -0.4 is 4.74 Å². The number of aromatic nitrogens is 4. The van der Waals surface area contributed by atoms with Crippen molar-refractivity contribution in [2.45, 2.75) is 31.7 Å². The molecule has 1 aliphatic heterocycles. The van der Waals surface area contributed by atoms with Gasteiger partial charge in [-0.05, 0) is 25.1 Å². The van der Waals surface area contributed by atoms with Crippen LogP contribution in [0.1, 0.15) is 27.7 Å². The van der Waals surface area contributed by atoms with Crippen LogP contribution in [-0.4, -0.2) is 48.8 Å². The van der Waals surface area contributed by atoms with Gasteiger partial charge in [-0.1, -0.05) is 6.07 Å². The number of thiophene rings is 1. The molecule has 35 heavy (non-hydrogen) atoms. The maximum atomic E-state index is 14.9. The van der Waals surface area contributed by atoms with Gasteiger partial charge in [0.15, 0.2) is 0 Å². The van der Waals surface area contributed by atoms with Crippen molar-refractivity contribution in [2.75, 3.05) is 7.11 Å². The van der Waals surface area contributed by atoms with Gasteiger partial charge < -0.3 is 14.7 Å². The number of pyridine rings is 1. The summed E-state index contributed by atoms with van der Waals surface area (Å²) in [6, 6.07) is 7.53. The number of fused-ring (bicyclic) bond motifs is 1. The third-order valence-electron chi connectivity index (χ3n) is 6.27. The molecule has 0 aliphatic carbocycles. The summed E-state index contributed by atoms with van der Waals surface area (Å²) in [6.07, 6.45) is 4.36. The molecule has 0 fully saturated rings. The van der Waals surface area contributed by atoms with Gasteiger partial charge in [-0.25, -0.2) is 23.4 Å². The molecule has 5 rings (SSSR count). The first-order valence-corrected chi connectivity index (χ1v) is 11.6. The lowest BCUT2D eigenvalue weighted by Crippen LogP contribution is -2.52. The monoisotopic (exact) mass is 497 g/mol. The highest BCUT2D eigenvalue weighted by Crippen LogP contribution is 2.41. The van der Waals surface area contributed by atoms with Gasteiger partial charge in [0.25, 0.3) is 5.91 Å². The number of carbonyl (C=O) groups is 1. The van der Waals surface area contributed by atoms with Crippen LogP contribution in [0, 0.1) is 11.6 Å². The molecule has 0 bridgehead atoms. The molecule has 0 unspecified atom stereocenters. The summed E-state index contributed by atoms with van der Waals surface area (Å²) < 4.78 is 34.9. The lowest BCUT2D eigenvalue weighted by Gasteiger charge is -2.39. The van der Waals surface area contributed by atoms with Crippen molar-refractivity contribution in [2.24, 2.45) is 0 Å². The lowest BCUT2D eigenvalue weighted by molar-refractivity contribution is -0.0555. The number of hydrogen-bond donors (Lipinski definition) is 1. The van der Waals surface area contributed by atoms with Gasteiger partial charge in [-0.3, -0.25) is 4.79 Å². The first kappa shape index (κ1) is 23.1. The molecule has 0 radical (unpaired) electrons. The number of hydrogen-bond acceptors (Lipinski definition) is 7. The van der Waals surface area contributed by atoms with E-state index in [2.05, 4.69) is 15.1 Å². The van der Waals surface area contributed by atoms with E-state index in [0.717, 1.165) is 21.4 Å². The molecule has 1 N–H and O–H groups in total. The van der Waals surface area contributed by atoms with Crippen LogP contribution in [0.4, 0.5) is 8.78 Å². The fraction of sp³-hybridized carbons (Fsp3) is 0.250. The second-order valence-electron chi connectivity index (χ2n) is 8.29. The lowest BCUT2D eigenvalue weighted by atomic mass is 9.85. The van der Waals surface area contributed by atoms with Crippen LogP contribution in [0.15, 0.2) is 55.2 Å². The molecular formula is C24H21F2N5O3S. The fourth-order valence-electron chi connectivity index (χ4n) is 4.31. The van der Waals surface area contributed by atoms with Crippen molar-refractivity contribution in [1.82, 2.24) is 24.6 Å². The third kappa shape index (κ3) is 4.06. The zero-order valence-electron chi connectivity index (χ0n) is 18.9. The minimum atomic E-state index is -1.90. The van der Waals surface area contributed by atoms with Crippen LogP contribution >= 0.6 is 11.3 Å². The van der Waals surface area contributed by atoms with Crippen molar-refractivity contribution < 1.29 is 23.4 Å². The Morgan fingerprint density at radius 3 is 2.71 bits per heavy atom. The topological polar surface area (TPSA) is 93.4 Å². The highest BCUT2D eigenvalue weighted by atomic mass is 32.1. The maximum Gasteiger partial charge on any atom is 0.255 e. The number of carbonyl (C=O) groups excluding carboxylic acids is 1. The normalized spacial score (nSPS) is 15.7. The molecule has 0 saturated heterocycles. The van der Waals surface area contributed by atoms with Crippen molar-refractivity contribution >= 4 is 17.2 Å². The van der Waals surface area contributed by atoms with E-state index < -0.39 is 23.3 Å². The zero-order chi connectivity index (χ0) is 24.7. The van der Waals surface area contributed by atoms with E-state index in [-0.39, 0.29) is 24.6 Å². The van der Waals surface area contributed by atoms with E-state index in [0.29, 0.717) is 17.5 Å². The average Bonchev–Trinajstić information content (AvgIpc) is 3.57. The van der Waals surface area contributed by atoms with Crippen molar-refractivity contribution in [3.8, 4) is 16.3 Å². The number of halogens is 2. The molecule has 180 valence electrons. The van der Waals surface area contributed by atoms with E-state index in [1.54, 1.807) is 25.3 Å². The van der Waals surface area contributed by atoms with Crippen LogP contribution in [0.5, 0.6) is 5.88 Å². The standard InChI is InChI=1S/C24H21F2N5O3S/c1-14(24(33,11-30-13-27-12-29-30)18-5-4-16(25)7-19(18)26)31-10-21-17(23(31)32)8-20(35-21)15-3-6-22(34-2)28-9-15/h3-9,12-14,33H,10-11H2,1-2H3/t14-,24-/m1/s1. The number of nitrogens with zero attached hydrogens (tertiary/aromatic N) is 5. The van der Waals surface area contributed by atoms with Crippen LogP contribution in [-0.2, 0) is 18.7 Å². The van der Waals surface area contributed by atoms with Crippen molar-refractivity contribution in [3.05, 3.63) is 82.9 Å². The molecule has 1 aromatic carbocycles. The number of ether oxygens (including phenoxy) is 1. The van der Waals surface area contributed by atoms with Crippen LogP contribution in [0.25, 0.3) is 10.4 Å². The third-order valence-corrected chi connectivity index (χ3v) is 7.44. The number of methoxy groups -OCH3 is 1. The SMILES string of the molecule is COc1ccc(-c2cc3c(s2)CN([C@H](C)[C@](O)(Cn2cncn2)c2ccc(F)cc2F)C3=O)cn1. The summed E-state index contributed by atoms with van der Waals surface area (Å²) >= 11 is 1.45. The summed E-state index contributed by atoms with van der Waals surface area (Å²) in [7, 11) is 1.54. The molecule has 4 heterocycles. The van der Waals surface area contributed by atoms with Crippen LogP contribution in [0.3, 0.4) is 0 Å². The second kappa shape index (κ2) is 8.82. The molecular weight excluding hydrogens is 476 g/mol. The highest BCUT2D eigenvalue weighted by molar-refractivity contribution is 7.16. The Balaban J connectivity index is 1.46. The fourth-order valence-corrected chi connectivity index (χ4v) is 5.45. The molecule has 1 amide bonds. The summed E-state index contributed by atoms with van der Waals surface area (Å²) in [4.78, 5) is 24.7. The molecule has 0 saturated carbocycles. The largest absolute Gasteiger partial charge is 0.481 e. The average molecular weight is 498 g/mol. The van der Waals surface area contributed by atoms with Gasteiger partial charge in [0, 0.05) is 39.2 Å². The number of rotatable bonds is 7. The minimum absolute atomic E-state index is 0.130. The van der Waals surface area contributed by atoms with E-state index in [9.17, 15) is 18.7 Å². The predicted molar refractivity (Wildman–Crippen MR) is 124 cm³/mol. The Kier molecular flexibility index (Phi) is 5.81. The second-order valence-corrected chi connectivity index (χ2v) is 9.42. The smallest absolute Gasteiger partial charge is 0.255 e. The summed E-state index contributed by atoms with van der Waals surface area (Å²) in [6.45, 7) is 1.70.